The van der Waals surface area contributed by atoms with Crippen molar-refractivity contribution in [3.63, 3.8) is 0 Å². The summed E-state index contributed by atoms with van der Waals surface area (Å²) in [7, 11) is 1.41. The molecule has 1 rings (SSSR count). The normalized spacial score (nSPS) is 13.2. The first-order valence-corrected chi connectivity index (χ1v) is 4.93. The number of hydrogen-bond acceptors (Lipinski definition) is 6. The van der Waals surface area contributed by atoms with Crippen LogP contribution in [0.4, 0.5) is 19.0 Å². The van der Waals surface area contributed by atoms with E-state index >= 15 is 0 Å². The van der Waals surface area contributed by atoms with Crippen LogP contribution >= 0.6 is 0 Å². The molecule has 1 atom stereocenters. The van der Waals surface area contributed by atoms with Crippen molar-refractivity contribution < 1.29 is 22.6 Å². The van der Waals surface area contributed by atoms with Crippen LogP contribution in [0.2, 0.25) is 0 Å². The maximum atomic E-state index is 12.3. The van der Waals surface area contributed by atoms with Crippen molar-refractivity contribution in [2.45, 2.75) is 25.8 Å². The molecule has 3 N–H and O–H groups in total. The molecule has 0 radical (unpaired) electrons. The number of hydrogen-bond donors (Lipinski definition) is 2. The summed E-state index contributed by atoms with van der Waals surface area (Å²) < 4.78 is 46.5. The number of rotatable bonds is 5. The quantitative estimate of drug-likeness (QED) is 0.616. The molecule has 1 heterocycles. The Morgan fingerprint density at radius 1 is 1.44 bits per heavy atom. The van der Waals surface area contributed by atoms with E-state index in [1.54, 1.807) is 0 Å². The number of hydrazine groups is 1. The van der Waals surface area contributed by atoms with E-state index in [-0.39, 0.29) is 24.1 Å². The van der Waals surface area contributed by atoms with Crippen molar-refractivity contribution in [2.24, 2.45) is 5.84 Å². The van der Waals surface area contributed by atoms with Crippen molar-refractivity contribution in [1.29, 1.82) is 0 Å². The molecule has 9 heteroatoms. The maximum absolute atomic E-state index is 12.3. The summed E-state index contributed by atoms with van der Waals surface area (Å²) in [6.45, 7) is 0.917. The largest absolute Gasteiger partial charge is 0.465 e. The zero-order chi connectivity index (χ0) is 13.8. The first-order chi connectivity index (χ1) is 8.36. The highest BCUT2D eigenvalue weighted by Crippen LogP contribution is 2.24. The predicted molar refractivity (Wildman–Crippen MR) is 56.7 cm³/mol. The van der Waals surface area contributed by atoms with E-state index in [9.17, 15) is 13.2 Å². The van der Waals surface area contributed by atoms with Crippen molar-refractivity contribution in [2.75, 3.05) is 12.5 Å². The molecule has 6 nitrogen and oxygen atoms in total. The third-order valence-electron chi connectivity index (χ3n) is 1.93. The third-order valence-corrected chi connectivity index (χ3v) is 1.93. The molecule has 0 aliphatic rings. The van der Waals surface area contributed by atoms with E-state index in [4.69, 9.17) is 10.6 Å². The van der Waals surface area contributed by atoms with Gasteiger partial charge in [-0.25, -0.2) is 10.8 Å². The van der Waals surface area contributed by atoms with E-state index in [1.807, 2.05) is 0 Å². The summed E-state index contributed by atoms with van der Waals surface area (Å²) in [5, 5.41) is 0. The van der Waals surface area contributed by atoms with Gasteiger partial charge >= 0.3 is 6.18 Å². The topological polar surface area (TPSA) is 82.3 Å². The van der Waals surface area contributed by atoms with Crippen LogP contribution in [0.15, 0.2) is 6.07 Å². The molecular weight excluding hydrogens is 253 g/mol. The Balaban J connectivity index is 2.90. The zero-order valence-corrected chi connectivity index (χ0v) is 9.78. The molecule has 0 aliphatic carbocycles. The van der Waals surface area contributed by atoms with Gasteiger partial charge in [0.2, 0.25) is 5.88 Å². The summed E-state index contributed by atoms with van der Waals surface area (Å²) in [5.74, 6) is 5.22. The van der Waals surface area contributed by atoms with E-state index in [1.165, 1.54) is 13.2 Å². The number of nitrogens with zero attached hydrogens (tertiary/aromatic N) is 2. The van der Waals surface area contributed by atoms with Gasteiger partial charge in [0.15, 0.2) is 11.9 Å². The summed E-state index contributed by atoms with van der Waals surface area (Å²) in [6.07, 6.45) is -6.45. The lowest BCUT2D eigenvalue weighted by Crippen LogP contribution is -2.31. The average Bonchev–Trinajstić information content (AvgIpc) is 2.27. The number of methoxy groups -OCH3 is 1. The second-order valence-electron chi connectivity index (χ2n) is 3.39. The van der Waals surface area contributed by atoms with Crippen LogP contribution in [-0.2, 0) is 11.3 Å². The van der Waals surface area contributed by atoms with Gasteiger partial charge in [0.1, 0.15) is 12.4 Å². The van der Waals surface area contributed by atoms with Crippen LogP contribution in [0.25, 0.3) is 0 Å². The molecule has 0 saturated heterocycles. The number of nitrogens with one attached hydrogen (secondary N) is 1. The molecule has 0 amide bonds. The highest BCUT2D eigenvalue weighted by molar-refractivity contribution is 5.37. The van der Waals surface area contributed by atoms with Crippen LogP contribution in [0.5, 0.6) is 5.88 Å². The molecule has 0 aliphatic heterocycles. The van der Waals surface area contributed by atoms with Gasteiger partial charge in [0, 0.05) is 13.2 Å². The number of anilines is 1. The van der Waals surface area contributed by atoms with Crippen LogP contribution < -0.4 is 16.0 Å². The number of ether oxygens (including phenoxy) is 2. The lowest BCUT2D eigenvalue weighted by atomic mass is 10.4. The minimum absolute atomic E-state index is 0.0340. The minimum Gasteiger partial charge on any atom is -0.465 e. The standard InChI is InChI=1S/C9H13F3N4O2/c1-5(9(10,11)12)18-8-3-6(16-13)14-7(15-8)4-17-2/h3,5H,4,13H2,1-2H3,(H,14,15,16). The van der Waals surface area contributed by atoms with Gasteiger partial charge in [-0.1, -0.05) is 0 Å². The van der Waals surface area contributed by atoms with Crippen molar-refractivity contribution in [3.05, 3.63) is 11.9 Å². The highest BCUT2D eigenvalue weighted by atomic mass is 19.4. The second-order valence-corrected chi connectivity index (χ2v) is 3.39. The lowest BCUT2D eigenvalue weighted by molar-refractivity contribution is -0.190. The molecular formula is C9H13F3N4O2. The minimum atomic E-state index is -4.47. The monoisotopic (exact) mass is 266 g/mol. The number of nitrogens with two attached hydrogens (primary N) is 1. The average molecular weight is 266 g/mol. The molecule has 0 saturated carbocycles. The fourth-order valence-corrected chi connectivity index (χ4v) is 1.05. The Labute approximate surface area is 101 Å². The van der Waals surface area contributed by atoms with Gasteiger partial charge in [-0.2, -0.15) is 18.2 Å². The molecule has 0 aromatic carbocycles. The highest BCUT2D eigenvalue weighted by Gasteiger charge is 2.38. The van der Waals surface area contributed by atoms with Gasteiger partial charge in [-0.05, 0) is 6.92 Å². The summed E-state index contributed by atoms with van der Waals surface area (Å²) in [6, 6.07) is 1.17. The van der Waals surface area contributed by atoms with Gasteiger partial charge in [-0.3, -0.25) is 0 Å². The Morgan fingerprint density at radius 3 is 2.61 bits per heavy atom. The van der Waals surface area contributed by atoms with Crippen LogP contribution in [0.3, 0.4) is 0 Å². The Hall–Kier alpha value is -1.61. The van der Waals surface area contributed by atoms with Crippen molar-refractivity contribution in [3.8, 4) is 5.88 Å². The Kier molecular flexibility index (Phi) is 4.68. The summed E-state index contributed by atoms with van der Waals surface area (Å²) in [4.78, 5) is 7.65. The number of alkyl halides is 3. The van der Waals surface area contributed by atoms with Gasteiger partial charge in [-0.15, -0.1) is 0 Å². The first kappa shape index (κ1) is 14.5. The lowest BCUT2D eigenvalue weighted by Gasteiger charge is -2.17. The molecule has 102 valence electrons. The fraction of sp³-hybridized carbons (Fsp3) is 0.556. The van der Waals surface area contributed by atoms with Gasteiger partial charge in [0.05, 0.1) is 0 Å². The number of nitrogen functional groups attached to an aromatic ring is 1. The smallest absolute Gasteiger partial charge is 0.425 e. The predicted octanol–water partition coefficient (Wildman–Crippen LogP) is 1.24. The van der Waals surface area contributed by atoms with E-state index in [0.29, 0.717) is 0 Å². The summed E-state index contributed by atoms with van der Waals surface area (Å²) >= 11 is 0. The Morgan fingerprint density at radius 2 is 2.11 bits per heavy atom. The molecule has 1 unspecified atom stereocenters. The van der Waals surface area contributed by atoms with Crippen molar-refractivity contribution >= 4 is 5.82 Å². The molecule has 0 spiro atoms. The van der Waals surface area contributed by atoms with Gasteiger partial charge in [0.25, 0.3) is 0 Å². The molecule has 1 aromatic heterocycles. The zero-order valence-electron chi connectivity index (χ0n) is 9.78. The SMILES string of the molecule is COCc1nc(NN)cc(OC(C)C(F)(F)F)n1. The fourth-order valence-electron chi connectivity index (χ4n) is 1.05. The molecule has 0 fully saturated rings. The van der Waals surface area contributed by atoms with E-state index in [0.717, 1.165) is 6.92 Å². The number of aromatic nitrogens is 2. The van der Waals surface area contributed by atoms with Crippen LogP contribution in [0.1, 0.15) is 12.7 Å². The second kappa shape index (κ2) is 5.83. The van der Waals surface area contributed by atoms with E-state index in [2.05, 4.69) is 20.1 Å². The van der Waals surface area contributed by atoms with E-state index < -0.39 is 12.3 Å². The van der Waals surface area contributed by atoms with Crippen LogP contribution in [0, 0.1) is 0 Å². The summed E-state index contributed by atoms with van der Waals surface area (Å²) in [5.41, 5.74) is 2.21. The third kappa shape index (κ3) is 4.00. The first-order valence-electron chi connectivity index (χ1n) is 4.93. The number of halogens is 3. The van der Waals surface area contributed by atoms with Crippen LogP contribution in [-0.4, -0.2) is 29.4 Å². The molecule has 18 heavy (non-hydrogen) atoms. The molecule has 0 bridgehead atoms. The maximum Gasteiger partial charge on any atom is 0.425 e. The Bertz CT molecular complexity index is 400. The van der Waals surface area contributed by atoms with Gasteiger partial charge < -0.3 is 14.9 Å². The van der Waals surface area contributed by atoms with Crippen molar-refractivity contribution in [1.82, 2.24) is 9.97 Å². The molecule has 1 aromatic rings.